The molecule has 2 aliphatic rings. The predicted octanol–water partition coefficient (Wildman–Crippen LogP) is 5.22. The van der Waals surface area contributed by atoms with Crippen LogP contribution in [0.1, 0.15) is 23.6 Å². The van der Waals surface area contributed by atoms with Crippen molar-refractivity contribution >= 4 is 11.4 Å². The van der Waals surface area contributed by atoms with Gasteiger partial charge in [-0.25, -0.2) is 4.39 Å². The number of rotatable bonds is 0. The minimum atomic E-state index is -0.225. The van der Waals surface area contributed by atoms with Gasteiger partial charge in [-0.1, -0.05) is 36.4 Å². The first-order chi connectivity index (χ1) is 10.7. The third-order valence-corrected chi connectivity index (χ3v) is 5.11. The van der Waals surface area contributed by atoms with Crippen LogP contribution in [0.4, 0.5) is 15.8 Å². The predicted molar refractivity (Wildman–Crippen MR) is 87.1 cm³/mol. The number of hydrogen-bond acceptors (Lipinski definition) is 1. The van der Waals surface area contributed by atoms with Crippen LogP contribution in [0.5, 0.6) is 0 Å². The molecule has 1 aliphatic carbocycles. The minimum Gasteiger partial charge on any atom is -0.355 e. The second-order valence-electron chi connectivity index (χ2n) is 6.21. The molecule has 1 heterocycles. The molecule has 3 aromatic carbocycles. The van der Waals surface area contributed by atoms with Crippen molar-refractivity contribution in [3.63, 3.8) is 0 Å². The van der Waals surface area contributed by atoms with Gasteiger partial charge in [0, 0.05) is 16.8 Å². The zero-order valence-corrected chi connectivity index (χ0v) is 12.2. The number of benzene rings is 3. The number of para-hydroxylation sites is 1. The van der Waals surface area contributed by atoms with Crippen molar-refractivity contribution < 1.29 is 4.39 Å². The van der Waals surface area contributed by atoms with Crippen LogP contribution in [0.15, 0.2) is 60.7 Å². The molecule has 0 aromatic heterocycles. The van der Waals surface area contributed by atoms with Crippen LogP contribution in [-0.2, 0) is 5.41 Å². The maximum Gasteiger partial charge on any atom is 0.123 e. The van der Waals surface area contributed by atoms with Gasteiger partial charge in [0.25, 0.3) is 0 Å². The largest absolute Gasteiger partial charge is 0.355 e. The van der Waals surface area contributed by atoms with E-state index in [9.17, 15) is 4.39 Å². The highest BCUT2D eigenvalue weighted by atomic mass is 19.1. The van der Waals surface area contributed by atoms with E-state index in [4.69, 9.17) is 0 Å². The lowest BCUT2D eigenvalue weighted by molar-refractivity contribution is 0.625. The standard InChI is InChI=1S/C20H14FN/c1-20-15-10-9-12(21)11-14(15)13-5-4-8-18(19(13)20)22-17-7-3-2-6-16(17)20/h2-11,22H,1H3/t20-/m0/s1. The topological polar surface area (TPSA) is 12.0 Å². The Labute approximate surface area is 128 Å². The second kappa shape index (κ2) is 3.77. The Balaban J connectivity index is 1.97. The fourth-order valence-electron chi connectivity index (χ4n) is 4.18. The lowest BCUT2D eigenvalue weighted by Crippen LogP contribution is -2.28. The van der Waals surface area contributed by atoms with Gasteiger partial charge in [0.15, 0.2) is 0 Å². The first-order valence-corrected chi connectivity index (χ1v) is 7.50. The maximum absolute atomic E-state index is 13.8. The molecule has 3 aromatic rings. The molecule has 0 saturated carbocycles. The third-order valence-electron chi connectivity index (χ3n) is 5.11. The van der Waals surface area contributed by atoms with Gasteiger partial charge in [-0.2, -0.15) is 0 Å². The molecular formula is C20H14FN. The van der Waals surface area contributed by atoms with E-state index in [-0.39, 0.29) is 11.2 Å². The van der Waals surface area contributed by atoms with E-state index < -0.39 is 0 Å². The number of fused-ring (bicyclic) bond motifs is 5. The Morgan fingerprint density at radius 3 is 2.55 bits per heavy atom. The molecule has 1 aliphatic heterocycles. The molecule has 2 heteroatoms. The monoisotopic (exact) mass is 287 g/mol. The fourth-order valence-corrected chi connectivity index (χ4v) is 4.18. The van der Waals surface area contributed by atoms with Gasteiger partial charge in [0.1, 0.15) is 5.82 Å². The summed E-state index contributed by atoms with van der Waals surface area (Å²) in [5, 5.41) is 3.53. The molecule has 0 spiro atoms. The average Bonchev–Trinajstić information content (AvgIpc) is 2.79. The van der Waals surface area contributed by atoms with Crippen LogP contribution < -0.4 is 5.32 Å². The molecule has 1 nitrogen and oxygen atoms in total. The van der Waals surface area contributed by atoms with Gasteiger partial charge >= 0.3 is 0 Å². The Kier molecular flexibility index (Phi) is 2.06. The summed E-state index contributed by atoms with van der Waals surface area (Å²) in [6, 6.07) is 19.8. The minimum absolute atomic E-state index is 0.181. The molecule has 1 N–H and O–H groups in total. The normalized spacial score (nSPS) is 19.9. The molecule has 0 fully saturated rings. The third kappa shape index (κ3) is 1.24. The molecule has 106 valence electrons. The first kappa shape index (κ1) is 12.0. The van der Waals surface area contributed by atoms with E-state index in [2.05, 4.69) is 42.6 Å². The molecule has 0 bridgehead atoms. The number of halogens is 1. The van der Waals surface area contributed by atoms with Gasteiger partial charge < -0.3 is 5.32 Å². The molecular weight excluding hydrogens is 273 g/mol. The van der Waals surface area contributed by atoms with Gasteiger partial charge in [0.2, 0.25) is 0 Å². The lowest BCUT2D eigenvalue weighted by atomic mass is 9.71. The Bertz CT molecular complexity index is 944. The number of nitrogens with one attached hydrogen (secondary N) is 1. The van der Waals surface area contributed by atoms with E-state index in [1.54, 1.807) is 12.1 Å². The van der Waals surface area contributed by atoms with Crippen molar-refractivity contribution in [2.45, 2.75) is 12.3 Å². The molecule has 5 rings (SSSR count). The van der Waals surface area contributed by atoms with Crippen LogP contribution >= 0.6 is 0 Å². The Morgan fingerprint density at radius 1 is 0.818 bits per heavy atom. The highest BCUT2D eigenvalue weighted by molar-refractivity contribution is 5.93. The lowest BCUT2D eigenvalue weighted by Gasteiger charge is -2.36. The number of hydrogen-bond donors (Lipinski definition) is 1. The number of anilines is 2. The summed E-state index contributed by atoms with van der Waals surface area (Å²) >= 11 is 0. The molecule has 1 atom stereocenters. The average molecular weight is 287 g/mol. The SMILES string of the molecule is C[C@]12c3ccccc3Nc3cccc(c31)-c1cc(F)ccc12. The smallest absolute Gasteiger partial charge is 0.123 e. The summed E-state index contributed by atoms with van der Waals surface area (Å²) in [4.78, 5) is 0. The quantitative estimate of drug-likeness (QED) is 0.598. The second-order valence-corrected chi connectivity index (χ2v) is 6.21. The summed E-state index contributed by atoms with van der Waals surface area (Å²) in [5.41, 5.74) is 7.87. The van der Waals surface area contributed by atoms with Gasteiger partial charge in [-0.05, 0) is 59.0 Å². The Morgan fingerprint density at radius 2 is 1.64 bits per heavy atom. The van der Waals surface area contributed by atoms with Crippen LogP contribution in [-0.4, -0.2) is 0 Å². The zero-order valence-electron chi connectivity index (χ0n) is 12.2. The highest BCUT2D eigenvalue weighted by Crippen LogP contribution is 2.58. The Hall–Kier alpha value is -2.61. The van der Waals surface area contributed by atoms with E-state index in [1.807, 2.05) is 18.2 Å². The van der Waals surface area contributed by atoms with Gasteiger partial charge in [-0.15, -0.1) is 0 Å². The van der Waals surface area contributed by atoms with Crippen molar-refractivity contribution in [2.75, 3.05) is 5.32 Å². The summed E-state index contributed by atoms with van der Waals surface area (Å²) < 4.78 is 13.8. The summed E-state index contributed by atoms with van der Waals surface area (Å²) in [7, 11) is 0. The summed E-state index contributed by atoms with van der Waals surface area (Å²) in [5.74, 6) is -0.181. The first-order valence-electron chi connectivity index (χ1n) is 7.50. The van der Waals surface area contributed by atoms with Crippen molar-refractivity contribution in [3.05, 3.63) is 83.2 Å². The fraction of sp³-hybridized carbons (Fsp3) is 0.100. The van der Waals surface area contributed by atoms with E-state index in [0.717, 1.165) is 22.5 Å². The van der Waals surface area contributed by atoms with E-state index >= 15 is 0 Å². The molecule has 0 radical (unpaired) electrons. The highest BCUT2D eigenvalue weighted by Gasteiger charge is 2.45. The summed E-state index contributed by atoms with van der Waals surface area (Å²) in [6.07, 6.45) is 0. The van der Waals surface area contributed by atoms with Gasteiger partial charge in [-0.3, -0.25) is 0 Å². The summed E-state index contributed by atoms with van der Waals surface area (Å²) in [6.45, 7) is 2.25. The molecule has 0 unspecified atom stereocenters. The van der Waals surface area contributed by atoms with E-state index in [1.165, 1.54) is 16.7 Å². The zero-order chi connectivity index (χ0) is 14.9. The van der Waals surface area contributed by atoms with Crippen molar-refractivity contribution in [1.29, 1.82) is 0 Å². The molecule has 0 amide bonds. The maximum atomic E-state index is 13.8. The van der Waals surface area contributed by atoms with Crippen LogP contribution in [0, 0.1) is 5.82 Å². The van der Waals surface area contributed by atoms with E-state index in [0.29, 0.717) is 0 Å². The van der Waals surface area contributed by atoms with Crippen LogP contribution in [0.25, 0.3) is 11.1 Å². The van der Waals surface area contributed by atoms with Crippen LogP contribution in [0.2, 0.25) is 0 Å². The van der Waals surface area contributed by atoms with Crippen LogP contribution in [0.3, 0.4) is 0 Å². The van der Waals surface area contributed by atoms with Crippen molar-refractivity contribution in [1.82, 2.24) is 0 Å². The molecule has 0 saturated heterocycles. The van der Waals surface area contributed by atoms with Gasteiger partial charge in [0.05, 0.1) is 0 Å². The van der Waals surface area contributed by atoms with Crippen molar-refractivity contribution in [3.8, 4) is 11.1 Å². The molecule has 22 heavy (non-hydrogen) atoms. The van der Waals surface area contributed by atoms with Crippen molar-refractivity contribution in [2.24, 2.45) is 0 Å².